The van der Waals surface area contributed by atoms with Crippen LogP contribution >= 0.6 is 0 Å². The highest BCUT2D eigenvalue weighted by atomic mass is 16.5. The number of benzene rings is 2. The van der Waals surface area contributed by atoms with Crippen LogP contribution in [0.1, 0.15) is 61.6 Å². The Morgan fingerprint density at radius 1 is 1.11 bits per heavy atom. The Balaban J connectivity index is 1.26. The Bertz CT molecular complexity index is 1160. The number of aromatic hydroxyl groups is 2. The quantitative estimate of drug-likeness (QED) is 0.375. The van der Waals surface area contributed by atoms with Crippen LogP contribution in [-0.2, 0) is 11.2 Å². The van der Waals surface area contributed by atoms with Gasteiger partial charge in [0, 0.05) is 18.0 Å². The average molecular weight is 478 g/mol. The van der Waals surface area contributed by atoms with Gasteiger partial charge in [-0.05, 0) is 103 Å². The largest absolute Gasteiger partial charge is 0.504 e. The molecule has 6 heteroatoms. The molecule has 4 N–H and O–H groups in total. The number of aliphatic hydroxyl groups is 1. The van der Waals surface area contributed by atoms with Gasteiger partial charge >= 0.3 is 0 Å². The Hall–Kier alpha value is -2.99. The first kappa shape index (κ1) is 23.7. The van der Waals surface area contributed by atoms with Gasteiger partial charge in [-0.25, -0.2) is 0 Å². The number of fused-ring (bicyclic) bond motifs is 5. The highest BCUT2D eigenvalue weighted by Gasteiger charge is 2.61. The van der Waals surface area contributed by atoms with Crippen molar-refractivity contribution >= 4 is 12.0 Å². The molecule has 2 aromatic rings. The van der Waals surface area contributed by atoms with Crippen LogP contribution in [-0.4, -0.2) is 40.5 Å². The number of carbonyl (C=O) groups excluding carboxylic acids is 1. The number of hydrogen-bond acceptors (Lipinski definition) is 5. The third-order valence-electron chi connectivity index (χ3n) is 9.24. The van der Waals surface area contributed by atoms with Gasteiger partial charge in [0.25, 0.3) is 0 Å². The number of rotatable bonds is 5. The van der Waals surface area contributed by atoms with E-state index in [9.17, 15) is 20.1 Å². The summed E-state index contributed by atoms with van der Waals surface area (Å²) in [6.45, 7) is 2.46. The third-order valence-corrected chi connectivity index (χ3v) is 9.24. The maximum absolute atomic E-state index is 12.5. The Morgan fingerprint density at radius 2 is 1.94 bits per heavy atom. The first-order valence-corrected chi connectivity index (χ1v) is 12.6. The molecular weight excluding hydrogens is 442 g/mol. The van der Waals surface area contributed by atoms with Crippen molar-refractivity contribution in [3.8, 4) is 17.2 Å². The van der Waals surface area contributed by atoms with Crippen molar-refractivity contribution < 1.29 is 24.9 Å². The van der Waals surface area contributed by atoms with Gasteiger partial charge in [0.05, 0.1) is 12.7 Å². The second kappa shape index (κ2) is 8.90. The fourth-order valence-electron chi connectivity index (χ4n) is 7.19. The van der Waals surface area contributed by atoms with E-state index < -0.39 is 5.60 Å². The van der Waals surface area contributed by atoms with Gasteiger partial charge in [0.1, 0.15) is 5.75 Å². The van der Waals surface area contributed by atoms with Crippen molar-refractivity contribution in [3.63, 3.8) is 0 Å². The van der Waals surface area contributed by atoms with E-state index in [1.807, 2.05) is 0 Å². The highest BCUT2D eigenvalue weighted by Crippen LogP contribution is 2.64. The maximum Gasteiger partial charge on any atom is 0.244 e. The lowest BCUT2D eigenvalue weighted by molar-refractivity contribution is -0.123. The number of hydrogen-bond donors (Lipinski definition) is 4. The van der Waals surface area contributed by atoms with Crippen LogP contribution in [0, 0.1) is 17.3 Å². The molecule has 1 amide bonds. The number of phenols is 2. The number of ether oxygens (including phenoxy) is 1. The Labute approximate surface area is 206 Å². The average Bonchev–Trinajstić information content (AvgIpc) is 3.13. The van der Waals surface area contributed by atoms with E-state index in [1.165, 1.54) is 29.3 Å². The molecule has 3 aliphatic carbocycles. The molecule has 5 rings (SSSR count). The lowest BCUT2D eigenvalue weighted by Gasteiger charge is -2.53. The van der Waals surface area contributed by atoms with Crippen LogP contribution in [0.25, 0.3) is 6.08 Å². The SMILES string of the molecule is COc1ccc2c(c1)CC[C@@H]1[C@@H]2CC[C@@]2(C)[C@H]1CC[C@@]2(O)CNC(=O)/C=C/c1ccc(O)c(O)c1. The minimum atomic E-state index is -0.927. The summed E-state index contributed by atoms with van der Waals surface area (Å²) in [5.41, 5.74) is 2.32. The molecule has 6 nitrogen and oxygen atoms in total. The first-order valence-electron chi connectivity index (χ1n) is 12.6. The number of carbonyl (C=O) groups is 1. The number of amides is 1. The zero-order valence-electron chi connectivity index (χ0n) is 20.5. The highest BCUT2D eigenvalue weighted by molar-refractivity contribution is 5.91. The lowest BCUT2D eigenvalue weighted by atomic mass is 9.53. The van der Waals surface area contributed by atoms with Crippen LogP contribution < -0.4 is 10.1 Å². The number of phenolic OH excluding ortho intramolecular Hbond substituents is 2. The first-order chi connectivity index (χ1) is 16.7. The molecule has 0 unspecified atom stereocenters. The predicted molar refractivity (Wildman–Crippen MR) is 134 cm³/mol. The van der Waals surface area contributed by atoms with Gasteiger partial charge in [-0.2, -0.15) is 0 Å². The minimum absolute atomic E-state index is 0.200. The molecule has 5 atom stereocenters. The Kier molecular flexibility index (Phi) is 6.04. The predicted octanol–water partition coefficient (Wildman–Crippen LogP) is 4.52. The molecule has 2 aromatic carbocycles. The van der Waals surface area contributed by atoms with E-state index in [2.05, 4.69) is 30.4 Å². The molecule has 0 radical (unpaired) electrons. The molecule has 2 saturated carbocycles. The monoisotopic (exact) mass is 477 g/mol. The van der Waals surface area contributed by atoms with Gasteiger partial charge < -0.3 is 25.4 Å². The summed E-state index contributed by atoms with van der Waals surface area (Å²) in [5.74, 6) is 1.73. The number of nitrogens with one attached hydrogen (secondary N) is 1. The van der Waals surface area contributed by atoms with Crippen LogP contribution in [0.5, 0.6) is 17.2 Å². The molecule has 0 aromatic heterocycles. The van der Waals surface area contributed by atoms with Crippen molar-refractivity contribution in [3.05, 3.63) is 59.2 Å². The zero-order chi connectivity index (χ0) is 24.8. The molecule has 35 heavy (non-hydrogen) atoms. The summed E-state index contributed by atoms with van der Waals surface area (Å²) >= 11 is 0. The van der Waals surface area contributed by atoms with Crippen molar-refractivity contribution in [2.24, 2.45) is 17.3 Å². The fraction of sp³-hybridized carbons (Fsp3) is 0.483. The van der Waals surface area contributed by atoms with Crippen LogP contribution in [0.2, 0.25) is 0 Å². The summed E-state index contributed by atoms with van der Waals surface area (Å²) < 4.78 is 5.43. The van der Waals surface area contributed by atoms with Crippen molar-refractivity contribution in [1.82, 2.24) is 5.32 Å². The molecule has 2 fully saturated rings. The number of aryl methyl sites for hydroxylation is 1. The van der Waals surface area contributed by atoms with E-state index in [-0.39, 0.29) is 29.4 Å². The van der Waals surface area contributed by atoms with Gasteiger partial charge in [-0.15, -0.1) is 0 Å². The summed E-state index contributed by atoms with van der Waals surface area (Å²) in [7, 11) is 1.71. The third kappa shape index (κ3) is 4.08. The van der Waals surface area contributed by atoms with E-state index in [1.54, 1.807) is 19.3 Å². The van der Waals surface area contributed by atoms with E-state index in [4.69, 9.17) is 4.74 Å². The van der Waals surface area contributed by atoms with Gasteiger partial charge in [0.15, 0.2) is 11.5 Å². The van der Waals surface area contributed by atoms with Gasteiger partial charge in [-0.3, -0.25) is 4.79 Å². The second-order valence-electron chi connectivity index (χ2n) is 10.8. The second-order valence-corrected chi connectivity index (χ2v) is 10.8. The molecule has 3 aliphatic rings. The standard InChI is InChI=1S/C29H35NO5/c1-28-13-11-22-21-8-6-20(35-2)16-19(21)5-7-23(22)24(28)12-14-29(28,34)17-30-27(33)10-4-18-3-9-25(31)26(32)15-18/h3-4,6,8-10,15-16,22-24,31-32,34H,5,7,11-14,17H2,1-2H3,(H,30,33)/b10-4+/t22-,23-,24+,28+,29-/m1/s1. The van der Waals surface area contributed by atoms with Crippen molar-refractivity contribution in [1.29, 1.82) is 0 Å². The topological polar surface area (TPSA) is 99.0 Å². The molecule has 0 spiro atoms. The molecule has 186 valence electrons. The van der Waals surface area contributed by atoms with Crippen LogP contribution in [0.3, 0.4) is 0 Å². The lowest BCUT2D eigenvalue weighted by Crippen LogP contribution is -2.55. The maximum atomic E-state index is 12.5. The van der Waals surface area contributed by atoms with Gasteiger partial charge in [0.2, 0.25) is 5.91 Å². The number of methoxy groups -OCH3 is 1. The van der Waals surface area contributed by atoms with Crippen molar-refractivity contribution in [2.75, 3.05) is 13.7 Å². The summed E-state index contributed by atoms with van der Waals surface area (Å²) in [6.07, 6.45) is 8.84. The minimum Gasteiger partial charge on any atom is -0.504 e. The zero-order valence-corrected chi connectivity index (χ0v) is 20.5. The fourth-order valence-corrected chi connectivity index (χ4v) is 7.19. The summed E-state index contributed by atoms with van der Waals surface area (Å²) in [4.78, 5) is 12.5. The molecule has 0 saturated heterocycles. The van der Waals surface area contributed by atoms with Crippen LogP contribution in [0.4, 0.5) is 0 Å². The smallest absolute Gasteiger partial charge is 0.244 e. The molecule has 0 aliphatic heterocycles. The summed E-state index contributed by atoms with van der Waals surface area (Å²) in [5, 5.41) is 33.8. The Morgan fingerprint density at radius 3 is 2.71 bits per heavy atom. The van der Waals surface area contributed by atoms with Crippen molar-refractivity contribution in [2.45, 2.75) is 57.0 Å². The molecular formula is C29H35NO5. The summed E-state index contributed by atoms with van der Waals surface area (Å²) in [6, 6.07) is 10.9. The van der Waals surface area contributed by atoms with E-state index in [0.717, 1.165) is 37.9 Å². The normalized spacial score (nSPS) is 31.5. The van der Waals surface area contributed by atoms with Crippen LogP contribution in [0.15, 0.2) is 42.5 Å². The van der Waals surface area contributed by atoms with E-state index in [0.29, 0.717) is 29.7 Å². The molecule has 0 bridgehead atoms. The van der Waals surface area contributed by atoms with Gasteiger partial charge in [-0.1, -0.05) is 19.1 Å². The molecule has 0 heterocycles. The van der Waals surface area contributed by atoms with E-state index >= 15 is 0 Å².